The maximum Gasteiger partial charge on any atom is 0.280 e. The van der Waals surface area contributed by atoms with E-state index in [2.05, 4.69) is 15.8 Å². The van der Waals surface area contributed by atoms with Crippen LogP contribution in [-0.4, -0.2) is 29.0 Å². The first-order chi connectivity index (χ1) is 16.6. The third-order valence-corrected chi connectivity index (χ3v) is 5.57. The molecule has 3 rings (SSSR count). The van der Waals surface area contributed by atoms with Gasteiger partial charge in [0.1, 0.15) is 17.6 Å². The fourth-order valence-electron chi connectivity index (χ4n) is 3.22. The molecule has 0 spiro atoms. The third-order valence-electron chi connectivity index (χ3n) is 5.02. The molecule has 11 heteroatoms. The van der Waals surface area contributed by atoms with E-state index in [0.717, 1.165) is 5.56 Å². The number of benzene rings is 2. The molecule has 0 aliphatic heterocycles. The Balaban J connectivity index is 1.68. The number of rotatable bonds is 8. The summed E-state index contributed by atoms with van der Waals surface area (Å²) in [6.45, 7) is 5.30. The zero-order valence-corrected chi connectivity index (χ0v) is 20.6. The van der Waals surface area contributed by atoms with Crippen molar-refractivity contribution in [3.8, 4) is 11.3 Å². The van der Waals surface area contributed by atoms with Crippen LogP contribution in [-0.2, 0) is 4.79 Å². The lowest BCUT2D eigenvalue weighted by Crippen LogP contribution is -2.48. The molecule has 1 unspecified atom stereocenters. The highest BCUT2D eigenvalue weighted by Crippen LogP contribution is 2.31. The molecule has 182 valence electrons. The van der Waals surface area contributed by atoms with Crippen molar-refractivity contribution in [3.05, 3.63) is 85.6 Å². The molecule has 0 saturated carbocycles. The molecule has 2 N–H and O–H groups in total. The Morgan fingerprint density at radius 3 is 2.51 bits per heavy atom. The van der Waals surface area contributed by atoms with E-state index in [1.54, 1.807) is 45.0 Å². The third kappa shape index (κ3) is 6.46. The molecule has 1 aromatic heterocycles. The number of nitrogens with zero attached hydrogens (tertiary/aromatic N) is 2. The molecule has 0 saturated heterocycles. The number of furan rings is 1. The molecule has 1 atom stereocenters. The summed E-state index contributed by atoms with van der Waals surface area (Å²) in [7, 11) is 0. The van der Waals surface area contributed by atoms with Crippen LogP contribution in [0.4, 0.5) is 5.69 Å². The number of nitrogens with one attached hydrogen (secondary N) is 2. The zero-order chi connectivity index (χ0) is 25.7. The molecule has 1 heterocycles. The lowest BCUT2D eigenvalue weighted by Gasteiger charge is -2.20. The lowest BCUT2D eigenvalue weighted by molar-refractivity contribution is -0.384. The minimum absolute atomic E-state index is 0.0764. The Labute approximate surface area is 211 Å². The summed E-state index contributed by atoms with van der Waals surface area (Å²) >= 11 is 11.9. The highest BCUT2D eigenvalue weighted by atomic mass is 35.5. The predicted octanol–water partition coefficient (Wildman–Crippen LogP) is 5.37. The van der Waals surface area contributed by atoms with E-state index in [1.807, 2.05) is 0 Å². The van der Waals surface area contributed by atoms with Crippen LogP contribution in [0.15, 0.2) is 58.0 Å². The van der Waals surface area contributed by atoms with Crippen LogP contribution in [0, 0.1) is 23.0 Å². The Hall–Kier alpha value is -3.69. The number of hydrazone groups is 1. The summed E-state index contributed by atoms with van der Waals surface area (Å²) in [5, 5.41) is 18.5. The SMILES string of the molecule is Cc1ccc(-c2ccc(/C=N/NC(=O)C(NC(=O)c3ccc(Cl)cc3Cl)C(C)C)o2)c([N+](=O)[O-])c1. The van der Waals surface area contributed by atoms with Crippen LogP contribution in [0.2, 0.25) is 10.0 Å². The number of hydrogen-bond acceptors (Lipinski definition) is 6. The standard InChI is InChI=1S/C24H22Cl2N4O5/c1-13(2)22(28-23(31)17-8-5-15(25)11-19(17)26)24(32)29-27-12-16-6-9-21(35-16)18-7-4-14(3)10-20(18)30(33)34/h4-13,22H,1-3H3,(H,28,31)(H,29,32)/b27-12+. The Bertz CT molecular complexity index is 1300. The van der Waals surface area contributed by atoms with Crippen LogP contribution in [0.1, 0.15) is 35.5 Å². The molecule has 0 aliphatic rings. The van der Waals surface area contributed by atoms with Crippen molar-refractivity contribution in [1.29, 1.82) is 0 Å². The number of amides is 2. The lowest BCUT2D eigenvalue weighted by atomic mass is 10.0. The van der Waals surface area contributed by atoms with Gasteiger partial charge in [-0.3, -0.25) is 19.7 Å². The smallest absolute Gasteiger partial charge is 0.280 e. The van der Waals surface area contributed by atoms with Crippen LogP contribution < -0.4 is 10.7 Å². The Morgan fingerprint density at radius 2 is 1.86 bits per heavy atom. The molecule has 0 fully saturated rings. The van der Waals surface area contributed by atoms with Gasteiger partial charge in [-0.2, -0.15) is 5.10 Å². The van der Waals surface area contributed by atoms with Crippen molar-refractivity contribution in [3.63, 3.8) is 0 Å². The van der Waals surface area contributed by atoms with Gasteiger partial charge in [0.15, 0.2) is 0 Å². The van der Waals surface area contributed by atoms with Gasteiger partial charge in [-0.05, 0) is 54.8 Å². The number of nitro benzene ring substituents is 1. The number of hydrogen-bond donors (Lipinski definition) is 2. The van der Waals surface area contributed by atoms with Gasteiger partial charge in [0, 0.05) is 11.1 Å². The van der Waals surface area contributed by atoms with Crippen molar-refractivity contribution in [1.82, 2.24) is 10.7 Å². The van der Waals surface area contributed by atoms with E-state index in [0.29, 0.717) is 10.6 Å². The average Bonchev–Trinajstić information content (AvgIpc) is 3.25. The molecule has 3 aromatic rings. The molecule has 0 radical (unpaired) electrons. The van der Waals surface area contributed by atoms with E-state index in [-0.39, 0.29) is 33.7 Å². The monoisotopic (exact) mass is 516 g/mol. The predicted molar refractivity (Wildman–Crippen MR) is 134 cm³/mol. The number of halogens is 2. The van der Waals surface area contributed by atoms with Crippen LogP contribution >= 0.6 is 23.2 Å². The Morgan fingerprint density at radius 1 is 1.11 bits per heavy atom. The minimum Gasteiger partial charge on any atom is -0.455 e. The van der Waals surface area contributed by atoms with Gasteiger partial charge in [-0.15, -0.1) is 0 Å². The van der Waals surface area contributed by atoms with Gasteiger partial charge in [0.25, 0.3) is 17.5 Å². The van der Waals surface area contributed by atoms with Gasteiger partial charge in [0.2, 0.25) is 0 Å². The van der Waals surface area contributed by atoms with Gasteiger partial charge in [0.05, 0.1) is 27.3 Å². The van der Waals surface area contributed by atoms with Crippen molar-refractivity contribution in [2.24, 2.45) is 11.0 Å². The summed E-state index contributed by atoms with van der Waals surface area (Å²) in [4.78, 5) is 36.2. The molecule has 0 bridgehead atoms. The quantitative estimate of drug-likeness (QED) is 0.236. The van der Waals surface area contributed by atoms with E-state index < -0.39 is 22.8 Å². The number of carbonyl (C=O) groups is 2. The molecule has 2 amide bonds. The molecule has 0 aliphatic carbocycles. The summed E-state index contributed by atoms with van der Waals surface area (Å²) in [5.41, 5.74) is 3.56. The molecule has 9 nitrogen and oxygen atoms in total. The Kier molecular flexibility index (Phi) is 8.26. The van der Waals surface area contributed by atoms with Gasteiger partial charge in [-0.1, -0.05) is 43.1 Å². The summed E-state index contributed by atoms with van der Waals surface area (Å²) in [6.07, 6.45) is 1.26. The highest BCUT2D eigenvalue weighted by molar-refractivity contribution is 6.36. The van der Waals surface area contributed by atoms with Gasteiger partial charge < -0.3 is 9.73 Å². The van der Waals surface area contributed by atoms with Crippen molar-refractivity contribution >= 4 is 46.9 Å². The molecular formula is C24H22Cl2N4O5. The molecule has 2 aromatic carbocycles. The normalized spacial score (nSPS) is 12.1. The van der Waals surface area contributed by atoms with Crippen LogP contribution in [0.25, 0.3) is 11.3 Å². The first-order valence-corrected chi connectivity index (χ1v) is 11.3. The zero-order valence-electron chi connectivity index (χ0n) is 19.0. The van der Waals surface area contributed by atoms with E-state index in [4.69, 9.17) is 27.6 Å². The second kappa shape index (κ2) is 11.2. The highest BCUT2D eigenvalue weighted by Gasteiger charge is 2.25. The van der Waals surface area contributed by atoms with Gasteiger partial charge >= 0.3 is 0 Å². The summed E-state index contributed by atoms with van der Waals surface area (Å²) < 4.78 is 5.64. The first kappa shape index (κ1) is 25.9. The second-order valence-electron chi connectivity index (χ2n) is 8.03. The number of nitro groups is 1. The van der Waals surface area contributed by atoms with E-state index >= 15 is 0 Å². The van der Waals surface area contributed by atoms with E-state index in [1.165, 1.54) is 30.5 Å². The van der Waals surface area contributed by atoms with Crippen molar-refractivity contribution < 1.29 is 18.9 Å². The maximum atomic E-state index is 12.7. The second-order valence-corrected chi connectivity index (χ2v) is 8.88. The largest absolute Gasteiger partial charge is 0.455 e. The van der Waals surface area contributed by atoms with E-state index in [9.17, 15) is 19.7 Å². The summed E-state index contributed by atoms with van der Waals surface area (Å²) in [5.74, 6) is -0.766. The first-order valence-electron chi connectivity index (χ1n) is 10.5. The fraction of sp³-hybridized carbons (Fsp3) is 0.208. The van der Waals surface area contributed by atoms with Crippen LogP contribution in [0.5, 0.6) is 0 Å². The fourth-order valence-corrected chi connectivity index (χ4v) is 3.72. The molecular weight excluding hydrogens is 495 g/mol. The topological polar surface area (TPSA) is 127 Å². The number of aryl methyl sites for hydroxylation is 1. The average molecular weight is 517 g/mol. The minimum atomic E-state index is -0.895. The van der Waals surface area contributed by atoms with Crippen LogP contribution in [0.3, 0.4) is 0 Å². The maximum absolute atomic E-state index is 12.7. The van der Waals surface area contributed by atoms with Crippen molar-refractivity contribution in [2.45, 2.75) is 26.8 Å². The number of carbonyl (C=O) groups excluding carboxylic acids is 2. The van der Waals surface area contributed by atoms with Crippen molar-refractivity contribution in [2.75, 3.05) is 0 Å². The van der Waals surface area contributed by atoms with Gasteiger partial charge in [-0.25, -0.2) is 5.43 Å². The summed E-state index contributed by atoms with van der Waals surface area (Å²) in [6, 6.07) is 11.5. The molecule has 35 heavy (non-hydrogen) atoms.